The number of hydrogen-bond acceptors (Lipinski definition) is 7. The molecule has 0 heterocycles. The van der Waals surface area contributed by atoms with Crippen molar-refractivity contribution in [1.82, 2.24) is 6.15 Å². The van der Waals surface area contributed by atoms with Gasteiger partial charge in [0.2, 0.25) is 0 Å². The van der Waals surface area contributed by atoms with E-state index in [9.17, 15) is 14.4 Å². The van der Waals surface area contributed by atoms with Gasteiger partial charge in [0.25, 0.3) is 0 Å². The first-order valence-electron chi connectivity index (χ1n) is 5.24. The lowest BCUT2D eigenvalue weighted by atomic mass is 10.1. The predicted octanol–water partition coefficient (Wildman–Crippen LogP) is 1.94. The maximum Gasteiger partial charge on any atom is 0.317 e. The van der Waals surface area contributed by atoms with Crippen molar-refractivity contribution in [2.24, 2.45) is 5.92 Å². The molecule has 0 aromatic rings. The Kier molecular flexibility index (Phi) is 11.7. The Labute approximate surface area is 130 Å². The standard InChI is InChI=1S/C10H14O6S3.H3N/c1-5(8(13)14)4-6(9(15)16)19-10(17)18-3-2-7(11)12;/h5-6H,2-4H2,1H3,(H,11,12)(H,13,14)(H,15,16);1H3. The molecular weight excluding hydrogens is 326 g/mol. The van der Waals surface area contributed by atoms with Crippen molar-refractivity contribution < 1.29 is 29.7 Å². The van der Waals surface area contributed by atoms with Gasteiger partial charge in [-0.05, 0) is 6.42 Å². The van der Waals surface area contributed by atoms with Crippen molar-refractivity contribution in [2.45, 2.75) is 25.0 Å². The van der Waals surface area contributed by atoms with Crippen molar-refractivity contribution in [2.75, 3.05) is 5.75 Å². The summed E-state index contributed by atoms with van der Waals surface area (Å²) in [5.41, 5.74) is 0. The van der Waals surface area contributed by atoms with Crippen LogP contribution >= 0.6 is 35.7 Å². The van der Waals surface area contributed by atoms with Gasteiger partial charge in [0, 0.05) is 5.75 Å². The van der Waals surface area contributed by atoms with Crippen LogP contribution in [0.4, 0.5) is 0 Å². The molecule has 0 bridgehead atoms. The quantitative estimate of drug-likeness (QED) is 0.482. The topological polar surface area (TPSA) is 147 Å². The number of aliphatic carboxylic acids is 3. The molecular formula is C10H17NO6S3. The number of thiocarbonyl (C=S) groups is 1. The monoisotopic (exact) mass is 343 g/mol. The molecule has 0 aliphatic heterocycles. The van der Waals surface area contributed by atoms with Gasteiger partial charge in [0.15, 0.2) is 0 Å². The first-order chi connectivity index (χ1) is 8.73. The Morgan fingerprint density at radius 1 is 1.15 bits per heavy atom. The highest BCUT2D eigenvalue weighted by Crippen LogP contribution is 2.27. The lowest BCUT2D eigenvalue weighted by molar-refractivity contribution is -0.142. The summed E-state index contributed by atoms with van der Waals surface area (Å²) < 4.78 is 0.311. The van der Waals surface area contributed by atoms with Gasteiger partial charge in [-0.25, -0.2) is 0 Å². The summed E-state index contributed by atoms with van der Waals surface area (Å²) in [4.78, 5) is 32.0. The van der Waals surface area contributed by atoms with Crippen LogP contribution < -0.4 is 6.15 Å². The number of carbonyl (C=O) groups is 3. The van der Waals surface area contributed by atoms with Crippen LogP contribution in [0.5, 0.6) is 0 Å². The Hall–Kier alpha value is -0.840. The SMILES string of the molecule is CC(CC(SC(=S)SCCC(=O)O)C(=O)O)C(=O)O.N. The van der Waals surface area contributed by atoms with E-state index in [0.29, 0.717) is 3.53 Å². The molecule has 20 heavy (non-hydrogen) atoms. The summed E-state index contributed by atoms with van der Waals surface area (Å²) in [7, 11) is 0. The molecule has 0 aromatic carbocycles. The van der Waals surface area contributed by atoms with E-state index in [2.05, 4.69) is 0 Å². The van der Waals surface area contributed by atoms with E-state index in [-0.39, 0.29) is 24.7 Å². The molecule has 0 saturated carbocycles. The molecule has 0 amide bonds. The second kappa shape index (κ2) is 10.9. The number of hydrogen-bond donors (Lipinski definition) is 4. The molecule has 0 aliphatic carbocycles. The molecule has 2 atom stereocenters. The fourth-order valence-corrected chi connectivity index (χ4v) is 3.62. The predicted molar refractivity (Wildman–Crippen MR) is 82.8 cm³/mol. The first-order valence-corrected chi connectivity index (χ1v) is 7.52. The average molecular weight is 343 g/mol. The van der Waals surface area contributed by atoms with E-state index >= 15 is 0 Å². The molecule has 116 valence electrons. The van der Waals surface area contributed by atoms with Crippen molar-refractivity contribution in [3.05, 3.63) is 0 Å². The van der Waals surface area contributed by atoms with Crippen LogP contribution in [-0.2, 0) is 14.4 Å². The minimum absolute atomic E-state index is 0. The van der Waals surface area contributed by atoms with Gasteiger partial charge in [-0.15, -0.1) is 11.8 Å². The first kappa shape index (κ1) is 21.5. The van der Waals surface area contributed by atoms with Crippen LogP contribution in [0.1, 0.15) is 19.8 Å². The van der Waals surface area contributed by atoms with Gasteiger partial charge in [-0.3, -0.25) is 14.4 Å². The smallest absolute Gasteiger partial charge is 0.317 e. The number of carboxylic acid groups (broad SMARTS) is 3. The largest absolute Gasteiger partial charge is 0.481 e. The van der Waals surface area contributed by atoms with Gasteiger partial charge in [-0.1, -0.05) is 30.9 Å². The Bertz CT molecular complexity index is 376. The summed E-state index contributed by atoms with van der Waals surface area (Å²) in [6, 6.07) is 0. The van der Waals surface area contributed by atoms with Crippen molar-refractivity contribution in [3.63, 3.8) is 0 Å². The van der Waals surface area contributed by atoms with Gasteiger partial charge in [-0.2, -0.15) is 0 Å². The fourth-order valence-electron chi connectivity index (χ4n) is 0.993. The van der Waals surface area contributed by atoms with Gasteiger partial charge < -0.3 is 21.5 Å². The highest BCUT2D eigenvalue weighted by molar-refractivity contribution is 8.47. The third-order valence-electron chi connectivity index (χ3n) is 2.04. The third-order valence-corrected chi connectivity index (χ3v) is 4.84. The number of thioether (sulfide) groups is 2. The Morgan fingerprint density at radius 2 is 1.70 bits per heavy atom. The molecule has 0 fully saturated rings. The number of carboxylic acids is 3. The lowest BCUT2D eigenvalue weighted by Crippen LogP contribution is -2.24. The van der Waals surface area contributed by atoms with Crippen molar-refractivity contribution >= 4 is 57.2 Å². The maximum atomic E-state index is 11.0. The zero-order valence-electron chi connectivity index (χ0n) is 10.8. The van der Waals surface area contributed by atoms with Crippen LogP contribution in [0, 0.1) is 5.92 Å². The Morgan fingerprint density at radius 3 is 2.10 bits per heavy atom. The van der Waals surface area contributed by atoms with Crippen LogP contribution in [0.15, 0.2) is 0 Å². The van der Waals surface area contributed by atoms with E-state index in [1.54, 1.807) is 0 Å². The number of rotatable bonds is 8. The molecule has 0 rings (SSSR count). The molecule has 0 spiro atoms. The lowest BCUT2D eigenvalue weighted by Gasteiger charge is -2.14. The summed E-state index contributed by atoms with van der Waals surface area (Å²) in [5, 5.41) is 25.3. The highest BCUT2D eigenvalue weighted by Gasteiger charge is 2.25. The Balaban J connectivity index is 0. The average Bonchev–Trinajstić information content (AvgIpc) is 2.26. The summed E-state index contributed by atoms with van der Waals surface area (Å²) in [5.74, 6) is -3.65. The van der Waals surface area contributed by atoms with Crippen molar-refractivity contribution in [1.29, 1.82) is 0 Å². The van der Waals surface area contributed by atoms with Gasteiger partial charge in [0.05, 0.1) is 12.3 Å². The molecule has 10 heteroatoms. The molecule has 2 unspecified atom stereocenters. The van der Waals surface area contributed by atoms with Gasteiger partial charge in [0.1, 0.15) is 8.78 Å². The third kappa shape index (κ3) is 10.0. The summed E-state index contributed by atoms with van der Waals surface area (Å²) in [6.45, 7) is 1.43. The molecule has 0 radical (unpaired) electrons. The second-order valence-electron chi connectivity index (χ2n) is 3.66. The fraction of sp³-hybridized carbons (Fsp3) is 0.600. The van der Waals surface area contributed by atoms with Crippen LogP contribution in [0.2, 0.25) is 0 Å². The summed E-state index contributed by atoms with van der Waals surface area (Å²) in [6.07, 6.45) is -0.0937. The van der Waals surface area contributed by atoms with E-state index in [4.69, 9.17) is 27.5 Å². The summed E-state index contributed by atoms with van der Waals surface area (Å²) >= 11 is 6.92. The van der Waals surface area contributed by atoms with E-state index in [1.807, 2.05) is 0 Å². The second-order valence-corrected chi connectivity index (χ2v) is 7.16. The molecule has 0 aromatic heterocycles. The van der Waals surface area contributed by atoms with E-state index in [0.717, 1.165) is 23.5 Å². The molecule has 7 nitrogen and oxygen atoms in total. The van der Waals surface area contributed by atoms with Crippen molar-refractivity contribution in [3.8, 4) is 0 Å². The van der Waals surface area contributed by atoms with Crippen LogP contribution in [0.3, 0.4) is 0 Å². The van der Waals surface area contributed by atoms with Gasteiger partial charge >= 0.3 is 17.9 Å². The van der Waals surface area contributed by atoms with Crippen LogP contribution in [-0.4, -0.2) is 47.8 Å². The minimum atomic E-state index is -1.13. The van der Waals surface area contributed by atoms with E-state index < -0.39 is 29.1 Å². The maximum absolute atomic E-state index is 11.0. The molecule has 6 N–H and O–H groups in total. The molecule has 0 aliphatic rings. The normalized spacial score (nSPS) is 12.8. The van der Waals surface area contributed by atoms with E-state index in [1.165, 1.54) is 6.92 Å². The minimum Gasteiger partial charge on any atom is -0.481 e. The molecule has 0 saturated heterocycles. The zero-order chi connectivity index (χ0) is 15.0. The zero-order valence-corrected chi connectivity index (χ0v) is 13.2. The highest BCUT2D eigenvalue weighted by atomic mass is 32.2. The van der Waals surface area contributed by atoms with Crippen LogP contribution in [0.25, 0.3) is 0 Å².